The molecule has 88 valence electrons. The number of hydrogen-bond donors (Lipinski definition) is 1. The van der Waals surface area contributed by atoms with Gasteiger partial charge in [-0.05, 0) is 0 Å². The van der Waals surface area contributed by atoms with Gasteiger partial charge >= 0.3 is 5.97 Å². The molecule has 16 heavy (non-hydrogen) atoms. The Labute approximate surface area is 84.5 Å². The summed E-state index contributed by atoms with van der Waals surface area (Å²) in [5.74, 6) is -7.79. The van der Waals surface area contributed by atoms with Gasteiger partial charge in [-0.15, -0.1) is 0 Å². The second-order valence-electron chi connectivity index (χ2n) is 2.43. The third-order valence-corrected chi connectivity index (χ3v) is 1.61. The van der Waals surface area contributed by atoms with E-state index in [4.69, 9.17) is 5.11 Å². The van der Waals surface area contributed by atoms with Crippen LogP contribution in [0.15, 0.2) is 6.07 Å². The first-order valence-corrected chi connectivity index (χ1v) is 3.52. The highest BCUT2D eigenvalue weighted by molar-refractivity contribution is 5.90. The van der Waals surface area contributed by atoms with Crippen LogP contribution in [0.5, 0.6) is 17.2 Å². The lowest BCUT2D eigenvalue weighted by atomic mass is 10.1. The summed E-state index contributed by atoms with van der Waals surface area (Å²) in [5.41, 5.74) is -1.18. The van der Waals surface area contributed by atoms with Crippen LogP contribution in [0.25, 0.3) is 0 Å². The van der Waals surface area contributed by atoms with Crippen molar-refractivity contribution >= 4 is 5.97 Å². The Morgan fingerprint density at radius 1 is 1.12 bits per heavy atom. The summed E-state index contributed by atoms with van der Waals surface area (Å²) in [6.07, 6.45) is 0. The van der Waals surface area contributed by atoms with Crippen molar-refractivity contribution in [3.63, 3.8) is 0 Å². The highest BCUT2D eigenvalue weighted by atomic mass is 19.3. The van der Waals surface area contributed by atoms with Gasteiger partial charge in [0.15, 0.2) is 5.82 Å². The van der Waals surface area contributed by atoms with Crippen LogP contribution in [0.1, 0.15) is 10.4 Å². The van der Waals surface area contributed by atoms with E-state index in [2.05, 4.69) is 14.8 Å². The molecule has 1 aromatic rings. The molecule has 0 bridgehead atoms. The van der Waals surface area contributed by atoms with Gasteiger partial charge in [0.2, 0.25) is 5.75 Å². The molecule has 0 fully saturated rings. The minimum absolute atomic E-state index is 0.259. The van der Waals surface area contributed by atoms with E-state index in [1.54, 1.807) is 0 Å². The quantitative estimate of drug-likeness (QED) is 0.820. The van der Waals surface area contributed by atoms with Crippen LogP contribution in [0.2, 0.25) is 0 Å². The molecule has 0 saturated heterocycles. The molecule has 5 nitrogen and oxygen atoms in total. The number of benzene rings is 1. The van der Waals surface area contributed by atoms with Gasteiger partial charge in [0, 0.05) is 19.6 Å². The number of carboxylic acid groups (broad SMARTS) is 1. The summed E-state index contributed by atoms with van der Waals surface area (Å²) < 4.78 is 48.6. The van der Waals surface area contributed by atoms with Crippen molar-refractivity contribution < 1.29 is 42.7 Å². The summed E-state index contributed by atoms with van der Waals surface area (Å²) in [4.78, 5) is 19.2. The number of rotatable bonds is 4. The van der Waals surface area contributed by atoms with Gasteiger partial charge in [-0.3, -0.25) is 14.8 Å². The van der Waals surface area contributed by atoms with E-state index in [-0.39, 0.29) is 6.07 Å². The Balaban J connectivity index is 3.54. The zero-order valence-corrected chi connectivity index (χ0v) is 7.17. The first-order chi connectivity index (χ1) is 7.56. The van der Waals surface area contributed by atoms with Crippen LogP contribution in [0.3, 0.4) is 0 Å². The monoisotopic (exact) mass is 242 g/mol. The largest absolute Gasteiger partial charge is 0.478 e. The molecule has 0 aromatic heterocycles. The van der Waals surface area contributed by atoms with Gasteiger partial charge in [-0.25, -0.2) is 9.18 Å². The molecule has 0 aliphatic heterocycles. The van der Waals surface area contributed by atoms with E-state index < -0.39 is 34.6 Å². The average Bonchev–Trinajstić information content (AvgIpc) is 2.27. The van der Waals surface area contributed by atoms with Crippen molar-refractivity contribution in [1.82, 2.24) is 0 Å². The number of aromatic carboxylic acids is 1. The fourth-order valence-electron chi connectivity index (χ4n) is 0.949. The second kappa shape index (κ2) is 4.55. The molecule has 1 N–H and O–H groups in total. The molecule has 0 atom stereocenters. The van der Waals surface area contributed by atoms with Crippen LogP contribution in [-0.2, 0) is 0 Å². The molecule has 1 rings (SSSR count). The summed E-state index contributed by atoms with van der Waals surface area (Å²) in [7, 11) is 0. The maximum atomic E-state index is 13.1. The Hall–Kier alpha value is -2.19. The number of hydrogen-bond acceptors (Lipinski definition) is 4. The molecule has 0 aliphatic rings. The van der Waals surface area contributed by atoms with E-state index in [1.807, 2.05) is 0 Å². The van der Waals surface area contributed by atoms with Crippen molar-refractivity contribution in [3.8, 4) is 17.2 Å². The summed E-state index contributed by atoms with van der Waals surface area (Å²) in [6.45, 7) is 0. The number of halogens is 4. The molecule has 1 aromatic carbocycles. The van der Waals surface area contributed by atoms with Crippen molar-refractivity contribution in [2.24, 2.45) is 0 Å². The van der Waals surface area contributed by atoms with Gasteiger partial charge < -0.3 is 5.11 Å². The predicted molar refractivity (Wildman–Crippen MR) is 38.6 cm³/mol. The third-order valence-electron chi connectivity index (χ3n) is 1.61. The molecule has 0 amide bonds. The van der Waals surface area contributed by atoms with E-state index in [9.17, 15) is 22.8 Å². The number of carboxylic acids is 1. The van der Waals surface area contributed by atoms with Gasteiger partial charge in [0.1, 0.15) is 5.56 Å². The van der Waals surface area contributed by atoms with Crippen LogP contribution < -0.4 is 14.8 Å². The molecule has 0 heterocycles. The molecule has 0 aliphatic carbocycles. The Kier molecular flexibility index (Phi) is 3.38. The predicted octanol–water partition coefficient (Wildman–Crippen LogP) is 2.31. The normalized spacial score (nSPS) is 9.75. The van der Waals surface area contributed by atoms with Crippen LogP contribution in [0, 0.1) is 5.82 Å². The second-order valence-corrected chi connectivity index (χ2v) is 2.43. The lowest BCUT2D eigenvalue weighted by molar-refractivity contribution is -0.0580. The Morgan fingerprint density at radius 3 is 2.06 bits per heavy atom. The molecule has 0 saturated carbocycles. The zero-order chi connectivity index (χ0) is 12.3. The number of carbonyl (C=O) groups is 1. The fourth-order valence-corrected chi connectivity index (χ4v) is 0.949. The van der Waals surface area contributed by atoms with E-state index >= 15 is 0 Å². The molecule has 0 unspecified atom stereocenters. The van der Waals surface area contributed by atoms with Crippen molar-refractivity contribution in [3.05, 3.63) is 17.4 Å². The molecular formula is C7H2F4O5. The highest BCUT2D eigenvalue weighted by Gasteiger charge is 2.28. The minimum atomic E-state index is -1.86. The maximum Gasteiger partial charge on any atom is 0.338 e. The fraction of sp³-hybridized carbons (Fsp3) is 0. The molecule has 9 heteroatoms. The molecule has 0 spiro atoms. The van der Waals surface area contributed by atoms with Gasteiger partial charge in [0.05, 0.1) is 0 Å². The zero-order valence-electron chi connectivity index (χ0n) is 7.17. The van der Waals surface area contributed by atoms with Crippen LogP contribution >= 0.6 is 0 Å². The topological polar surface area (TPSA) is 65.0 Å². The third kappa shape index (κ3) is 1.78. The SMILES string of the molecule is O=C(O)c1cc(OF)c(OF)c(OF)c1F. The smallest absolute Gasteiger partial charge is 0.338 e. The average molecular weight is 242 g/mol. The van der Waals surface area contributed by atoms with Crippen molar-refractivity contribution in [1.29, 1.82) is 0 Å². The standard InChI is InChI=1S/C7H2F4O5/c8-4-2(7(12)13)1-3(14-9)5(15-10)6(4)16-11/h1H,(H,12,13). The molecular weight excluding hydrogens is 240 g/mol. The first kappa shape index (κ1) is 11.9. The van der Waals surface area contributed by atoms with Crippen LogP contribution in [-0.4, -0.2) is 11.1 Å². The minimum Gasteiger partial charge on any atom is -0.478 e. The van der Waals surface area contributed by atoms with Gasteiger partial charge in [-0.2, -0.15) is 0 Å². The van der Waals surface area contributed by atoms with E-state index in [1.165, 1.54) is 0 Å². The lowest BCUT2D eigenvalue weighted by Gasteiger charge is -2.06. The lowest BCUT2D eigenvalue weighted by Crippen LogP contribution is -2.03. The maximum absolute atomic E-state index is 13.1. The Morgan fingerprint density at radius 2 is 1.69 bits per heavy atom. The van der Waals surface area contributed by atoms with E-state index in [0.29, 0.717) is 0 Å². The Bertz CT molecular complexity index is 422. The highest BCUT2D eigenvalue weighted by Crippen LogP contribution is 2.42. The summed E-state index contributed by atoms with van der Waals surface area (Å²) in [6, 6.07) is 0.259. The summed E-state index contributed by atoms with van der Waals surface area (Å²) >= 11 is 0. The van der Waals surface area contributed by atoms with Gasteiger partial charge in [0.25, 0.3) is 11.5 Å². The summed E-state index contributed by atoms with van der Waals surface area (Å²) in [5, 5.41) is 8.44. The van der Waals surface area contributed by atoms with E-state index in [0.717, 1.165) is 0 Å². The first-order valence-electron chi connectivity index (χ1n) is 3.52. The van der Waals surface area contributed by atoms with Crippen molar-refractivity contribution in [2.75, 3.05) is 0 Å². The van der Waals surface area contributed by atoms with Crippen molar-refractivity contribution in [2.45, 2.75) is 0 Å². The van der Waals surface area contributed by atoms with Crippen LogP contribution in [0.4, 0.5) is 18.0 Å². The van der Waals surface area contributed by atoms with Gasteiger partial charge in [-0.1, -0.05) is 0 Å². The molecule has 0 radical (unpaired) electrons.